The van der Waals surface area contributed by atoms with E-state index in [4.69, 9.17) is 9.47 Å². The van der Waals surface area contributed by atoms with Crippen molar-refractivity contribution in [1.29, 1.82) is 0 Å². The van der Waals surface area contributed by atoms with Gasteiger partial charge in [0.25, 0.3) is 0 Å². The van der Waals surface area contributed by atoms with E-state index in [9.17, 15) is 0 Å². The zero-order valence-corrected chi connectivity index (χ0v) is 12.1. The van der Waals surface area contributed by atoms with Crippen molar-refractivity contribution in [1.82, 2.24) is 0 Å². The molecule has 0 aromatic heterocycles. The van der Waals surface area contributed by atoms with E-state index < -0.39 is 0 Å². The summed E-state index contributed by atoms with van der Waals surface area (Å²) in [6.45, 7) is 8.89. The zero-order valence-electron chi connectivity index (χ0n) is 12.1. The monoisotopic (exact) mass is 242 g/mol. The van der Waals surface area contributed by atoms with Gasteiger partial charge in [0.2, 0.25) is 0 Å². The fourth-order valence-electron chi connectivity index (χ4n) is 2.80. The van der Waals surface area contributed by atoms with Gasteiger partial charge in [-0.05, 0) is 49.9 Å². The summed E-state index contributed by atoms with van der Waals surface area (Å²) in [6, 6.07) is 0. The van der Waals surface area contributed by atoms with Crippen LogP contribution in [0.5, 0.6) is 0 Å². The SMILES string of the molecule is CC1CCOCC1.COC1CCC(C)CC1C. The maximum atomic E-state index is 5.35. The lowest BCUT2D eigenvalue weighted by Crippen LogP contribution is -2.27. The van der Waals surface area contributed by atoms with Crippen LogP contribution in [0, 0.1) is 17.8 Å². The van der Waals surface area contributed by atoms with E-state index in [1.807, 2.05) is 7.11 Å². The summed E-state index contributed by atoms with van der Waals surface area (Å²) in [7, 11) is 1.83. The summed E-state index contributed by atoms with van der Waals surface area (Å²) in [5, 5.41) is 0. The van der Waals surface area contributed by atoms with Gasteiger partial charge in [-0.25, -0.2) is 0 Å². The molecule has 2 heteroatoms. The van der Waals surface area contributed by atoms with Crippen molar-refractivity contribution < 1.29 is 9.47 Å². The molecule has 2 fully saturated rings. The van der Waals surface area contributed by atoms with Crippen LogP contribution < -0.4 is 0 Å². The first-order valence-corrected chi connectivity index (χ1v) is 7.24. The fraction of sp³-hybridized carbons (Fsp3) is 1.00. The predicted molar refractivity (Wildman–Crippen MR) is 72.2 cm³/mol. The molecule has 0 spiro atoms. The van der Waals surface area contributed by atoms with Crippen LogP contribution in [-0.2, 0) is 9.47 Å². The molecule has 1 heterocycles. The van der Waals surface area contributed by atoms with E-state index >= 15 is 0 Å². The average molecular weight is 242 g/mol. The molecule has 1 saturated carbocycles. The van der Waals surface area contributed by atoms with Crippen LogP contribution in [-0.4, -0.2) is 26.4 Å². The number of rotatable bonds is 1. The van der Waals surface area contributed by atoms with Crippen LogP contribution in [0.2, 0.25) is 0 Å². The lowest BCUT2D eigenvalue weighted by molar-refractivity contribution is 0.0180. The Labute approximate surface area is 107 Å². The number of methoxy groups -OCH3 is 1. The Bertz CT molecular complexity index is 187. The maximum absolute atomic E-state index is 5.35. The summed E-state index contributed by atoms with van der Waals surface area (Å²) in [6.07, 6.45) is 7.02. The van der Waals surface area contributed by atoms with Gasteiger partial charge in [0.1, 0.15) is 0 Å². The zero-order chi connectivity index (χ0) is 12.7. The van der Waals surface area contributed by atoms with Crippen LogP contribution in [0.1, 0.15) is 52.9 Å². The third kappa shape index (κ3) is 5.87. The van der Waals surface area contributed by atoms with E-state index in [1.165, 1.54) is 32.1 Å². The smallest absolute Gasteiger partial charge is 0.0597 e. The molecule has 2 rings (SSSR count). The van der Waals surface area contributed by atoms with Gasteiger partial charge < -0.3 is 9.47 Å². The van der Waals surface area contributed by atoms with Crippen molar-refractivity contribution in [2.75, 3.05) is 20.3 Å². The third-order valence-corrected chi connectivity index (χ3v) is 4.17. The number of hydrogen-bond acceptors (Lipinski definition) is 2. The molecule has 2 aliphatic rings. The Morgan fingerprint density at radius 2 is 1.53 bits per heavy atom. The standard InChI is InChI=1S/C9H18O.C6H12O/c1-7-4-5-9(10-3)8(2)6-7;1-6-2-4-7-5-3-6/h7-9H,4-6H2,1-3H3;6H,2-5H2,1H3. The summed E-state index contributed by atoms with van der Waals surface area (Å²) < 4.78 is 10.5. The van der Waals surface area contributed by atoms with E-state index in [0.29, 0.717) is 6.10 Å². The maximum Gasteiger partial charge on any atom is 0.0597 e. The van der Waals surface area contributed by atoms with E-state index in [0.717, 1.165) is 31.0 Å². The summed E-state index contributed by atoms with van der Waals surface area (Å²) in [5.74, 6) is 2.60. The second-order valence-corrected chi connectivity index (χ2v) is 5.96. The molecule has 102 valence electrons. The topological polar surface area (TPSA) is 18.5 Å². The molecule has 0 bridgehead atoms. The third-order valence-electron chi connectivity index (χ3n) is 4.17. The van der Waals surface area contributed by atoms with Gasteiger partial charge >= 0.3 is 0 Å². The highest BCUT2D eigenvalue weighted by Crippen LogP contribution is 2.29. The molecule has 0 radical (unpaired) electrons. The van der Waals surface area contributed by atoms with Crippen LogP contribution in [0.15, 0.2) is 0 Å². The molecule has 0 aromatic carbocycles. The van der Waals surface area contributed by atoms with Gasteiger partial charge in [-0.1, -0.05) is 20.8 Å². The Kier molecular flexibility index (Phi) is 7.14. The molecule has 0 amide bonds. The molecule has 17 heavy (non-hydrogen) atoms. The van der Waals surface area contributed by atoms with Gasteiger partial charge in [-0.3, -0.25) is 0 Å². The van der Waals surface area contributed by atoms with Crippen molar-refractivity contribution >= 4 is 0 Å². The summed E-state index contributed by atoms with van der Waals surface area (Å²) in [4.78, 5) is 0. The molecule has 0 aromatic rings. The molecule has 3 atom stereocenters. The van der Waals surface area contributed by atoms with Gasteiger partial charge in [-0.2, -0.15) is 0 Å². The highest BCUT2D eigenvalue weighted by Gasteiger charge is 2.24. The molecule has 1 aliphatic carbocycles. The number of hydrogen-bond donors (Lipinski definition) is 0. The quantitative estimate of drug-likeness (QED) is 0.694. The Balaban J connectivity index is 0.000000181. The van der Waals surface area contributed by atoms with Crippen molar-refractivity contribution in [3.8, 4) is 0 Å². The minimum atomic E-state index is 0.538. The van der Waals surface area contributed by atoms with Gasteiger partial charge in [0.15, 0.2) is 0 Å². The number of ether oxygens (including phenoxy) is 2. The largest absolute Gasteiger partial charge is 0.381 e. The van der Waals surface area contributed by atoms with Crippen molar-refractivity contribution in [3.05, 3.63) is 0 Å². The second-order valence-electron chi connectivity index (χ2n) is 5.96. The van der Waals surface area contributed by atoms with Crippen LogP contribution in [0.25, 0.3) is 0 Å². The molecule has 3 unspecified atom stereocenters. The van der Waals surface area contributed by atoms with Crippen molar-refractivity contribution in [2.45, 2.75) is 59.0 Å². The first kappa shape index (κ1) is 15.0. The average Bonchev–Trinajstić information content (AvgIpc) is 2.31. The first-order chi connectivity index (χ1) is 8.13. The highest BCUT2D eigenvalue weighted by atomic mass is 16.5. The van der Waals surface area contributed by atoms with Crippen LogP contribution in [0.4, 0.5) is 0 Å². The van der Waals surface area contributed by atoms with Gasteiger partial charge in [0.05, 0.1) is 6.10 Å². The molecule has 0 N–H and O–H groups in total. The van der Waals surface area contributed by atoms with E-state index in [2.05, 4.69) is 20.8 Å². The molecular weight excluding hydrogens is 212 g/mol. The Hall–Kier alpha value is -0.0800. The molecule has 2 nitrogen and oxygen atoms in total. The minimum Gasteiger partial charge on any atom is -0.381 e. The summed E-state index contributed by atoms with van der Waals surface area (Å²) >= 11 is 0. The Morgan fingerprint density at radius 1 is 0.882 bits per heavy atom. The lowest BCUT2D eigenvalue weighted by atomic mass is 9.81. The summed E-state index contributed by atoms with van der Waals surface area (Å²) in [5.41, 5.74) is 0. The van der Waals surface area contributed by atoms with E-state index in [-0.39, 0.29) is 0 Å². The van der Waals surface area contributed by atoms with Crippen LogP contribution >= 0.6 is 0 Å². The fourth-order valence-corrected chi connectivity index (χ4v) is 2.80. The Morgan fingerprint density at radius 3 is 1.94 bits per heavy atom. The molecule has 1 aliphatic heterocycles. The van der Waals surface area contributed by atoms with Crippen molar-refractivity contribution in [2.24, 2.45) is 17.8 Å². The molecular formula is C15H30O2. The van der Waals surface area contributed by atoms with Crippen LogP contribution in [0.3, 0.4) is 0 Å². The second kappa shape index (κ2) is 8.10. The predicted octanol–water partition coefficient (Wildman–Crippen LogP) is 3.89. The van der Waals surface area contributed by atoms with Gasteiger partial charge in [0, 0.05) is 20.3 Å². The lowest BCUT2D eigenvalue weighted by Gasteiger charge is -2.31. The van der Waals surface area contributed by atoms with Crippen molar-refractivity contribution in [3.63, 3.8) is 0 Å². The normalized spacial score (nSPS) is 34.9. The van der Waals surface area contributed by atoms with Gasteiger partial charge in [-0.15, -0.1) is 0 Å². The molecule has 1 saturated heterocycles. The highest BCUT2D eigenvalue weighted by molar-refractivity contribution is 4.75. The van der Waals surface area contributed by atoms with E-state index in [1.54, 1.807) is 0 Å². The minimum absolute atomic E-state index is 0.538. The first-order valence-electron chi connectivity index (χ1n) is 7.24.